The summed E-state index contributed by atoms with van der Waals surface area (Å²) in [7, 11) is 0. The third-order valence-electron chi connectivity index (χ3n) is 9.29. The highest BCUT2D eigenvalue weighted by atomic mass is 35.6. The fourth-order valence-electron chi connectivity index (χ4n) is 6.87. The van der Waals surface area contributed by atoms with Crippen LogP contribution in [0.3, 0.4) is 0 Å². The number of likely N-dealkylation sites (tertiary alicyclic amines) is 1. The van der Waals surface area contributed by atoms with Gasteiger partial charge in [-0.15, -0.1) is 0 Å². The van der Waals surface area contributed by atoms with Crippen molar-refractivity contribution in [2.24, 2.45) is 4.99 Å². The number of carbonyl (C=O) groups is 4. The predicted molar refractivity (Wildman–Crippen MR) is 185 cm³/mol. The molecule has 0 aliphatic carbocycles. The van der Waals surface area contributed by atoms with Crippen LogP contribution in [0.25, 0.3) is 0 Å². The standard InChI is InChI=1S/C32H42Cl3N7O8/c1-15-36-24-19(12-41-21(43)8-9-22(41)44)37-26(39-27(47)50-14-30(33,34)35)42-13-20(32(48,49)31(24,42)40-15)38-25(46)16-10-17(28(2,3)4)23(45)18(11-16)29(5,6)7/h10-11,19-20,24,36,40,45,48-49H,1,8-9,12-14H2,2-7H3,(H,38,46)(H,37,39,47)/t19-,20-,24-,31-/m0/s1. The third-order valence-corrected chi connectivity index (χ3v) is 9.61. The number of aromatic hydroxyl groups is 1. The van der Waals surface area contributed by atoms with Gasteiger partial charge in [0.25, 0.3) is 5.91 Å². The summed E-state index contributed by atoms with van der Waals surface area (Å²) >= 11 is 17.2. The Balaban J connectivity index is 1.54. The number of guanidine groups is 1. The van der Waals surface area contributed by atoms with Gasteiger partial charge in [0.1, 0.15) is 18.4 Å². The number of phenols is 1. The maximum atomic E-state index is 14.0. The molecule has 15 nitrogen and oxygen atoms in total. The molecule has 7 N–H and O–H groups in total. The van der Waals surface area contributed by atoms with Crippen LogP contribution in [0, 0.1) is 0 Å². The number of nitrogens with one attached hydrogen (secondary N) is 4. The van der Waals surface area contributed by atoms with Crippen LogP contribution in [0.15, 0.2) is 29.5 Å². The number of benzene rings is 1. The number of phenolic OH excluding ortho intramolecular Hbond substituents is 1. The van der Waals surface area contributed by atoms with Crippen LogP contribution in [0.2, 0.25) is 0 Å². The summed E-state index contributed by atoms with van der Waals surface area (Å²) in [6.07, 6.45) is -1.09. The number of halogens is 3. The third kappa shape index (κ3) is 6.77. The van der Waals surface area contributed by atoms with Crippen LogP contribution in [-0.4, -0.2) is 108 Å². The van der Waals surface area contributed by atoms with Gasteiger partial charge < -0.3 is 40.9 Å². The van der Waals surface area contributed by atoms with Crippen LogP contribution in [0.1, 0.15) is 75.9 Å². The minimum atomic E-state index is -2.82. The lowest BCUT2D eigenvalue weighted by molar-refractivity contribution is -0.231. The molecule has 18 heteroatoms. The van der Waals surface area contributed by atoms with Crippen LogP contribution in [-0.2, 0) is 25.2 Å². The summed E-state index contributed by atoms with van der Waals surface area (Å²) in [5, 5.41) is 46.6. The number of hydrogen-bond acceptors (Lipinski definition) is 12. The van der Waals surface area contributed by atoms with Crippen molar-refractivity contribution in [2.45, 2.75) is 98.6 Å². The van der Waals surface area contributed by atoms with Crippen molar-refractivity contribution in [3.05, 3.63) is 41.2 Å². The van der Waals surface area contributed by atoms with Crippen molar-refractivity contribution in [1.29, 1.82) is 0 Å². The highest BCUT2D eigenvalue weighted by molar-refractivity contribution is 6.67. The number of nitrogens with zero attached hydrogens (tertiary/aromatic N) is 3. The number of alkyl carbamates (subject to hydrolysis) is 1. The molecule has 4 aliphatic rings. The van der Waals surface area contributed by atoms with E-state index in [1.165, 1.54) is 4.90 Å². The molecular weight excluding hydrogens is 717 g/mol. The van der Waals surface area contributed by atoms with Crippen molar-refractivity contribution in [1.82, 2.24) is 31.1 Å². The van der Waals surface area contributed by atoms with E-state index in [1.807, 2.05) is 41.5 Å². The first-order chi connectivity index (χ1) is 22.9. The van der Waals surface area contributed by atoms with Gasteiger partial charge in [0.05, 0.1) is 24.4 Å². The lowest BCUT2D eigenvalue weighted by atomic mass is 9.78. The van der Waals surface area contributed by atoms with E-state index >= 15 is 0 Å². The van der Waals surface area contributed by atoms with E-state index in [0.29, 0.717) is 11.1 Å². The summed E-state index contributed by atoms with van der Waals surface area (Å²) in [6, 6.07) is -0.454. The summed E-state index contributed by atoms with van der Waals surface area (Å²) in [5.41, 5.74) is -1.85. The van der Waals surface area contributed by atoms with Gasteiger partial charge in [-0.05, 0) is 23.0 Å². The smallest absolute Gasteiger partial charge is 0.414 e. The van der Waals surface area contributed by atoms with Gasteiger partial charge in [-0.3, -0.25) is 24.6 Å². The maximum Gasteiger partial charge on any atom is 0.414 e. The first-order valence-corrected chi connectivity index (χ1v) is 17.1. The van der Waals surface area contributed by atoms with Gasteiger partial charge in [-0.2, -0.15) is 0 Å². The van der Waals surface area contributed by atoms with Gasteiger partial charge >= 0.3 is 6.09 Å². The molecular formula is C32H42Cl3N7O8. The number of hydrogen-bond donors (Lipinski definition) is 7. The number of aliphatic hydroxyl groups is 2. The Kier molecular flexibility index (Phi) is 9.53. The molecule has 3 saturated heterocycles. The number of aliphatic imine (C=N–C) groups is 1. The largest absolute Gasteiger partial charge is 0.507 e. The topological polar surface area (TPSA) is 205 Å². The van der Waals surface area contributed by atoms with Crippen molar-refractivity contribution < 1.29 is 39.2 Å². The molecule has 1 spiro atoms. The molecule has 1 aromatic carbocycles. The molecule has 0 unspecified atom stereocenters. The highest BCUT2D eigenvalue weighted by Crippen LogP contribution is 2.46. The number of imide groups is 1. The zero-order valence-electron chi connectivity index (χ0n) is 28.5. The molecule has 3 fully saturated rings. The second-order valence-electron chi connectivity index (χ2n) is 15.0. The average Bonchev–Trinajstić information content (AvgIpc) is 3.57. The maximum absolute atomic E-state index is 14.0. The van der Waals surface area contributed by atoms with E-state index in [-0.39, 0.29) is 49.0 Å². The van der Waals surface area contributed by atoms with E-state index in [1.54, 1.807) is 12.1 Å². The molecule has 0 aromatic heterocycles. The van der Waals surface area contributed by atoms with Crippen LogP contribution in [0.5, 0.6) is 5.75 Å². The fraction of sp³-hybridized carbons (Fsp3) is 0.594. The summed E-state index contributed by atoms with van der Waals surface area (Å²) in [4.78, 5) is 59.1. The number of amides is 4. The van der Waals surface area contributed by atoms with Crippen LogP contribution < -0.4 is 21.3 Å². The Labute approximate surface area is 304 Å². The molecule has 274 valence electrons. The lowest BCUT2D eigenvalue weighted by Crippen LogP contribution is -2.78. The van der Waals surface area contributed by atoms with Gasteiger partial charge in [-0.25, -0.2) is 9.79 Å². The van der Waals surface area contributed by atoms with Gasteiger partial charge in [0.15, 0.2) is 5.66 Å². The zero-order chi connectivity index (χ0) is 37.4. The second kappa shape index (κ2) is 12.6. The van der Waals surface area contributed by atoms with Crippen molar-refractivity contribution in [2.75, 3.05) is 19.7 Å². The van der Waals surface area contributed by atoms with E-state index < -0.39 is 74.6 Å². The van der Waals surface area contributed by atoms with Gasteiger partial charge in [-0.1, -0.05) is 82.9 Å². The molecule has 4 amide bonds. The minimum absolute atomic E-state index is 0.00715. The highest BCUT2D eigenvalue weighted by Gasteiger charge is 2.74. The summed E-state index contributed by atoms with van der Waals surface area (Å²) in [5.74, 6) is -4.40. The Morgan fingerprint density at radius 1 is 1.06 bits per heavy atom. The van der Waals surface area contributed by atoms with Crippen molar-refractivity contribution in [3.8, 4) is 5.75 Å². The molecule has 4 atom stereocenters. The monoisotopic (exact) mass is 757 g/mol. The Morgan fingerprint density at radius 2 is 1.62 bits per heavy atom. The normalized spacial score (nSPS) is 26.2. The quantitative estimate of drug-likeness (QED) is 0.131. The lowest BCUT2D eigenvalue weighted by Gasteiger charge is -2.49. The predicted octanol–water partition coefficient (Wildman–Crippen LogP) is 1.79. The zero-order valence-corrected chi connectivity index (χ0v) is 30.8. The van der Waals surface area contributed by atoms with E-state index in [0.717, 1.165) is 4.90 Å². The van der Waals surface area contributed by atoms with E-state index in [4.69, 9.17) is 39.5 Å². The van der Waals surface area contributed by atoms with Crippen LogP contribution >= 0.6 is 34.8 Å². The number of ether oxygens (including phenoxy) is 1. The molecule has 4 aliphatic heterocycles. The molecule has 50 heavy (non-hydrogen) atoms. The Hall–Kier alpha value is -3.50. The SMILES string of the molecule is C=C1N[C@H]2[C@H](CN3C(=O)CCC3=O)N=C(NC(=O)OCC(Cl)(Cl)Cl)N3C[C@H](NC(=O)c4cc(C(C)(C)C)c(O)c(C(C)(C)C)c4)C(O)(O)[C@]23N1. The average molecular weight is 759 g/mol. The Bertz CT molecular complexity index is 1610. The van der Waals surface area contributed by atoms with E-state index in [2.05, 4.69) is 32.8 Å². The fourth-order valence-corrected chi connectivity index (χ4v) is 7.03. The van der Waals surface area contributed by atoms with Gasteiger partial charge in [0, 0.05) is 36.1 Å². The number of rotatable bonds is 5. The first-order valence-electron chi connectivity index (χ1n) is 15.9. The summed E-state index contributed by atoms with van der Waals surface area (Å²) < 4.78 is 3.10. The molecule has 1 aromatic rings. The molecule has 5 rings (SSSR count). The molecule has 4 heterocycles. The molecule has 0 saturated carbocycles. The van der Waals surface area contributed by atoms with E-state index in [9.17, 15) is 34.5 Å². The summed E-state index contributed by atoms with van der Waals surface area (Å²) in [6.45, 7) is 14.1. The minimum Gasteiger partial charge on any atom is -0.507 e. The Morgan fingerprint density at radius 3 is 2.14 bits per heavy atom. The van der Waals surface area contributed by atoms with Crippen molar-refractivity contribution in [3.63, 3.8) is 0 Å². The molecule has 0 radical (unpaired) electrons. The van der Waals surface area contributed by atoms with Crippen LogP contribution in [0.4, 0.5) is 4.79 Å². The van der Waals surface area contributed by atoms with Gasteiger partial charge in [0.2, 0.25) is 27.4 Å². The number of carbonyl (C=O) groups excluding carboxylic acids is 4. The first kappa shape index (κ1) is 37.7. The molecule has 0 bridgehead atoms. The second-order valence-corrected chi connectivity index (χ2v) is 17.5. The number of alkyl halides is 3. The van der Waals surface area contributed by atoms with Crippen molar-refractivity contribution >= 4 is 64.6 Å².